The molecule has 2 rings (SSSR count). The van der Waals surface area contributed by atoms with Gasteiger partial charge < -0.3 is 15.7 Å². The maximum Gasteiger partial charge on any atom is 0.308 e. The number of carbonyl (C=O) groups is 2. The molecule has 0 aromatic carbocycles. The Balaban J connectivity index is 2.01. The zero-order valence-electron chi connectivity index (χ0n) is 10.0. The van der Waals surface area contributed by atoms with Gasteiger partial charge in [0, 0.05) is 13.1 Å². The number of hydrogen-bond donors (Lipinski definition) is 2. The van der Waals surface area contributed by atoms with Gasteiger partial charge in [-0.15, -0.1) is 0 Å². The Morgan fingerprint density at radius 2 is 1.88 bits per heavy atom. The number of carboxylic acids is 1. The Morgan fingerprint density at radius 1 is 1.24 bits per heavy atom. The van der Waals surface area contributed by atoms with Crippen molar-refractivity contribution in [2.24, 2.45) is 11.7 Å². The van der Waals surface area contributed by atoms with Crippen LogP contribution in [0.15, 0.2) is 0 Å². The maximum absolute atomic E-state index is 12.3. The van der Waals surface area contributed by atoms with Crippen LogP contribution >= 0.6 is 0 Å². The number of carbonyl (C=O) groups excluding carboxylic acids is 1. The molecule has 0 unspecified atom stereocenters. The van der Waals surface area contributed by atoms with E-state index in [9.17, 15) is 9.59 Å². The fraction of sp³-hybridized carbons (Fsp3) is 0.833. The largest absolute Gasteiger partial charge is 0.481 e. The van der Waals surface area contributed by atoms with Crippen molar-refractivity contribution in [3.05, 3.63) is 0 Å². The Hall–Kier alpha value is -1.10. The van der Waals surface area contributed by atoms with Crippen LogP contribution in [0.5, 0.6) is 0 Å². The summed E-state index contributed by atoms with van der Waals surface area (Å²) >= 11 is 0. The molecule has 1 atom stereocenters. The molecule has 5 heteroatoms. The summed E-state index contributed by atoms with van der Waals surface area (Å²) in [7, 11) is 0. The number of aliphatic carboxylic acids is 1. The Labute approximate surface area is 101 Å². The fourth-order valence-electron chi connectivity index (χ4n) is 2.90. The summed E-state index contributed by atoms with van der Waals surface area (Å²) in [5.74, 6) is -1.27. The molecular formula is C12H20N2O3. The van der Waals surface area contributed by atoms with Crippen LogP contribution < -0.4 is 5.73 Å². The van der Waals surface area contributed by atoms with Crippen molar-refractivity contribution in [2.75, 3.05) is 13.1 Å². The minimum atomic E-state index is -0.806. The summed E-state index contributed by atoms with van der Waals surface area (Å²) in [5.41, 5.74) is 5.39. The highest BCUT2D eigenvalue weighted by molar-refractivity contribution is 5.87. The van der Waals surface area contributed by atoms with E-state index in [1.807, 2.05) is 0 Å². The lowest BCUT2D eigenvalue weighted by atomic mass is 9.93. The number of carboxylic acid groups (broad SMARTS) is 1. The van der Waals surface area contributed by atoms with Crippen molar-refractivity contribution in [3.8, 4) is 0 Å². The zero-order chi connectivity index (χ0) is 12.5. The van der Waals surface area contributed by atoms with Gasteiger partial charge in [0.2, 0.25) is 5.91 Å². The van der Waals surface area contributed by atoms with Crippen LogP contribution in [0, 0.1) is 5.92 Å². The van der Waals surface area contributed by atoms with Gasteiger partial charge >= 0.3 is 5.97 Å². The lowest BCUT2D eigenvalue weighted by Crippen LogP contribution is -2.56. The third kappa shape index (κ3) is 2.44. The molecule has 0 bridgehead atoms. The Kier molecular flexibility index (Phi) is 3.38. The van der Waals surface area contributed by atoms with Crippen molar-refractivity contribution in [3.63, 3.8) is 0 Å². The quantitative estimate of drug-likeness (QED) is 0.739. The normalized spacial score (nSPS) is 28.1. The molecule has 0 radical (unpaired) electrons. The molecule has 3 N–H and O–H groups in total. The zero-order valence-corrected chi connectivity index (χ0v) is 10.0. The number of likely N-dealkylation sites (tertiary alicyclic amines) is 1. The summed E-state index contributed by atoms with van der Waals surface area (Å²) in [4.78, 5) is 24.9. The van der Waals surface area contributed by atoms with Crippen LogP contribution in [0.4, 0.5) is 0 Å². The molecule has 17 heavy (non-hydrogen) atoms. The van der Waals surface area contributed by atoms with E-state index in [2.05, 4.69) is 0 Å². The minimum Gasteiger partial charge on any atom is -0.481 e. The van der Waals surface area contributed by atoms with E-state index >= 15 is 0 Å². The minimum absolute atomic E-state index is 0.0408. The molecule has 1 saturated heterocycles. The first-order chi connectivity index (χ1) is 8.03. The van der Waals surface area contributed by atoms with E-state index in [1.54, 1.807) is 4.90 Å². The van der Waals surface area contributed by atoms with Crippen LogP contribution in [0.25, 0.3) is 0 Å². The van der Waals surface area contributed by atoms with Crippen LogP contribution in [-0.2, 0) is 9.59 Å². The SMILES string of the molecule is NC1(C(=O)N2CCC[C@H](C(=O)O)C2)CCCC1. The summed E-state index contributed by atoms with van der Waals surface area (Å²) in [6.45, 7) is 0.981. The van der Waals surface area contributed by atoms with Gasteiger partial charge in [0.25, 0.3) is 0 Å². The lowest BCUT2D eigenvalue weighted by Gasteiger charge is -2.36. The molecule has 96 valence electrons. The van der Waals surface area contributed by atoms with Crippen molar-refractivity contribution in [1.82, 2.24) is 4.90 Å². The van der Waals surface area contributed by atoms with Gasteiger partial charge in [-0.2, -0.15) is 0 Å². The second-order valence-electron chi connectivity index (χ2n) is 5.29. The molecule has 1 amide bonds. The van der Waals surface area contributed by atoms with E-state index in [0.29, 0.717) is 19.5 Å². The highest BCUT2D eigenvalue weighted by atomic mass is 16.4. The second kappa shape index (κ2) is 4.64. The molecule has 1 saturated carbocycles. The summed E-state index contributed by atoms with van der Waals surface area (Å²) in [5, 5.41) is 9.00. The topological polar surface area (TPSA) is 83.6 Å². The average molecular weight is 240 g/mol. The molecule has 5 nitrogen and oxygen atoms in total. The molecule has 1 heterocycles. The van der Waals surface area contributed by atoms with E-state index in [-0.39, 0.29) is 5.91 Å². The van der Waals surface area contributed by atoms with Gasteiger partial charge in [-0.25, -0.2) is 0 Å². The van der Waals surface area contributed by atoms with E-state index in [1.165, 1.54) is 0 Å². The summed E-state index contributed by atoms with van der Waals surface area (Å²) in [6, 6.07) is 0. The Bertz CT molecular complexity index is 324. The second-order valence-corrected chi connectivity index (χ2v) is 5.29. The van der Waals surface area contributed by atoms with E-state index in [0.717, 1.165) is 32.1 Å². The number of rotatable bonds is 2. The molecule has 0 aromatic heterocycles. The molecule has 2 aliphatic rings. The number of nitrogens with zero attached hydrogens (tertiary/aromatic N) is 1. The van der Waals surface area contributed by atoms with Crippen LogP contribution in [0.1, 0.15) is 38.5 Å². The van der Waals surface area contributed by atoms with Gasteiger partial charge in [0.05, 0.1) is 11.5 Å². The molecule has 2 fully saturated rings. The van der Waals surface area contributed by atoms with Gasteiger partial charge in [-0.05, 0) is 25.7 Å². The summed E-state index contributed by atoms with van der Waals surface area (Å²) in [6.07, 6.45) is 4.90. The monoisotopic (exact) mass is 240 g/mol. The van der Waals surface area contributed by atoms with Crippen LogP contribution in [0.2, 0.25) is 0 Å². The first-order valence-corrected chi connectivity index (χ1v) is 6.34. The van der Waals surface area contributed by atoms with Gasteiger partial charge in [0.15, 0.2) is 0 Å². The van der Waals surface area contributed by atoms with Crippen molar-refractivity contribution in [1.29, 1.82) is 0 Å². The predicted molar refractivity (Wildman–Crippen MR) is 62.3 cm³/mol. The predicted octanol–water partition coefficient (Wildman–Crippen LogP) is 0.581. The number of piperidine rings is 1. The highest BCUT2D eigenvalue weighted by Gasteiger charge is 2.41. The number of hydrogen-bond acceptors (Lipinski definition) is 3. The van der Waals surface area contributed by atoms with E-state index < -0.39 is 17.4 Å². The fourth-order valence-corrected chi connectivity index (χ4v) is 2.90. The maximum atomic E-state index is 12.3. The molecule has 0 aromatic rings. The summed E-state index contributed by atoms with van der Waals surface area (Å²) < 4.78 is 0. The smallest absolute Gasteiger partial charge is 0.308 e. The van der Waals surface area contributed by atoms with Crippen molar-refractivity contribution >= 4 is 11.9 Å². The lowest BCUT2D eigenvalue weighted by molar-refractivity contribution is -0.147. The molecule has 1 aliphatic carbocycles. The van der Waals surface area contributed by atoms with Gasteiger partial charge in [-0.3, -0.25) is 9.59 Å². The van der Waals surface area contributed by atoms with Crippen molar-refractivity contribution in [2.45, 2.75) is 44.1 Å². The molecular weight excluding hydrogens is 220 g/mol. The number of amides is 1. The standard InChI is InChI=1S/C12H20N2O3/c13-12(5-1-2-6-12)11(17)14-7-3-4-9(8-14)10(15)16/h9H,1-8,13H2,(H,15,16)/t9-/m0/s1. The third-order valence-electron chi connectivity index (χ3n) is 3.98. The first-order valence-electron chi connectivity index (χ1n) is 6.34. The first kappa shape index (κ1) is 12.4. The van der Waals surface area contributed by atoms with Gasteiger partial charge in [0.1, 0.15) is 0 Å². The van der Waals surface area contributed by atoms with Gasteiger partial charge in [-0.1, -0.05) is 12.8 Å². The van der Waals surface area contributed by atoms with Crippen LogP contribution in [-0.4, -0.2) is 40.5 Å². The number of nitrogens with two attached hydrogens (primary N) is 1. The average Bonchev–Trinajstić information content (AvgIpc) is 2.76. The Morgan fingerprint density at radius 3 is 2.47 bits per heavy atom. The van der Waals surface area contributed by atoms with E-state index in [4.69, 9.17) is 10.8 Å². The molecule has 1 aliphatic heterocycles. The van der Waals surface area contributed by atoms with Crippen molar-refractivity contribution < 1.29 is 14.7 Å². The van der Waals surface area contributed by atoms with Crippen LogP contribution in [0.3, 0.4) is 0 Å². The highest BCUT2D eigenvalue weighted by Crippen LogP contribution is 2.30. The third-order valence-corrected chi connectivity index (χ3v) is 3.98. The molecule has 0 spiro atoms.